The summed E-state index contributed by atoms with van der Waals surface area (Å²) in [5.74, 6) is -0.0623. The Labute approximate surface area is 164 Å². The van der Waals surface area contributed by atoms with E-state index in [2.05, 4.69) is 0 Å². The Balaban J connectivity index is 0.00000109. The van der Waals surface area contributed by atoms with Crippen LogP contribution in [0.4, 0.5) is 14.5 Å². The van der Waals surface area contributed by atoms with Crippen molar-refractivity contribution < 1.29 is 18.6 Å². The topological polar surface area (TPSA) is 55.5 Å². The zero-order valence-corrected chi connectivity index (χ0v) is 16.0. The van der Waals surface area contributed by atoms with Gasteiger partial charge in [-0.1, -0.05) is 17.7 Å². The van der Waals surface area contributed by atoms with Crippen LogP contribution in [-0.4, -0.2) is 18.8 Å². The SMILES string of the molecule is CO.Nc1cc(F)ccc1/C(=C/C=C1CCC1)c1ccc2c(c1F)CCCO2. The highest BCUT2D eigenvalue weighted by Crippen LogP contribution is 2.36. The highest BCUT2D eigenvalue weighted by Gasteiger charge is 2.21. The maximum absolute atomic E-state index is 15.3. The minimum absolute atomic E-state index is 0.274. The molecule has 2 aliphatic rings. The molecule has 0 unspecified atom stereocenters. The van der Waals surface area contributed by atoms with Crippen molar-refractivity contribution in [2.45, 2.75) is 32.1 Å². The Kier molecular flexibility index (Phi) is 6.47. The van der Waals surface area contributed by atoms with Gasteiger partial charge in [0, 0.05) is 29.5 Å². The van der Waals surface area contributed by atoms with Gasteiger partial charge in [-0.2, -0.15) is 0 Å². The van der Waals surface area contributed by atoms with Gasteiger partial charge in [0.15, 0.2) is 0 Å². The number of halogens is 2. The van der Waals surface area contributed by atoms with E-state index >= 15 is 4.39 Å². The standard InChI is InChI=1S/C22H21F2NO.CH4O/c23-15-7-9-17(20(25)13-15)16(8-6-14-3-1-4-14)18-10-11-21-19(22(18)24)5-2-12-26-21;1-2/h6-11,13H,1-5,12,25H2;2H,1H3/b16-8-;. The quantitative estimate of drug-likeness (QED) is 0.729. The van der Waals surface area contributed by atoms with Gasteiger partial charge in [0.1, 0.15) is 17.4 Å². The summed E-state index contributed by atoms with van der Waals surface area (Å²) < 4.78 is 34.3. The number of benzene rings is 2. The van der Waals surface area contributed by atoms with E-state index < -0.39 is 5.82 Å². The lowest BCUT2D eigenvalue weighted by Gasteiger charge is -2.21. The van der Waals surface area contributed by atoms with E-state index in [1.54, 1.807) is 12.1 Å². The molecule has 2 aromatic carbocycles. The first-order valence-corrected chi connectivity index (χ1v) is 9.48. The first kappa shape index (κ1) is 20.1. The van der Waals surface area contributed by atoms with Gasteiger partial charge >= 0.3 is 0 Å². The van der Waals surface area contributed by atoms with Crippen molar-refractivity contribution in [3.63, 3.8) is 0 Å². The molecule has 4 rings (SSSR count). The third-order valence-electron chi connectivity index (χ3n) is 5.10. The molecule has 0 amide bonds. The van der Waals surface area contributed by atoms with Crippen molar-refractivity contribution >= 4 is 11.3 Å². The summed E-state index contributed by atoms with van der Waals surface area (Å²) in [6, 6.07) is 7.80. The van der Waals surface area contributed by atoms with Gasteiger partial charge in [0.2, 0.25) is 0 Å². The third-order valence-corrected chi connectivity index (χ3v) is 5.10. The highest BCUT2D eigenvalue weighted by molar-refractivity contribution is 5.87. The molecule has 0 atom stereocenters. The highest BCUT2D eigenvalue weighted by atomic mass is 19.1. The van der Waals surface area contributed by atoms with Crippen LogP contribution in [0.1, 0.15) is 42.4 Å². The second-order valence-electron chi connectivity index (χ2n) is 6.85. The number of allylic oxidation sites excluding steroid dienone is 3. The Morgan fingerprint density at radius 3 is 2.46 bits per heavy atom. The first-order chi connectivity index (χ1) is 13.6. The van der Waals surface area contributed by atoms with E-state index in [0.717, 1.165) is 26.4 Å². The lowest BCUT2D eigenvalue weighted by Crippen LogP contribution is -2.11. The minimum atomic E-state index is -0.401. The number of hydrogen-bond donors (Lipinski definition) is 2. The Morgan fingerprint density at radius 2 is 1.79 bits per heavy atom. The molecule has 148 valence electrons. The van der Waals surface area contributed by atoms with Crippen molar-refractivity contribution in [2.24, 2.45) is 0 Å². The molecule has 5 heteroatoms. The van der Waals surface area contributed by atoms with E-state index in [-0.39, 0.29) is 5.82 Å². The lowest BCUT2D eigenvalue weighted by atomic mass is 9.89. The molecule has 0 spiro atoms. The molecule has 1 fully saturated rings. The average Bonchev–Trinajstić information content (AvgIpc) is 2.67. The van der Waals surface area contributed by atoms with Gasteiger partial charge in [0.25, 0.3) is 0 Å². The number of fused-ring (bicyclic) bond motifs is 1. The van der Waals surface area contributed by atoms with Crippen LogP contribution in [0.3, 0.4) is 0 Å². The Morgan fingerprint density at radius 1 is 1.04 bits per heavy atom. The van der Waals surface area contributed by atoms with Crippen molar-refractivity contribution in [1.82, 2.24) is 0 Å². The van der Waals surface area contributed by atoms with Crippen LogP contribution in [0.5, 0.6) is 5.75 Å². The van der Waals surface area contributed by atoms with Gasteiger partial charge < -0.3 is 15.6 Å². The summed E-state index contributed by atoms with van der Waals surface area (Å²) in [5.41, 5.74) is 10.1. The Hall–Kier alpha value is -2.66. The minimum Gasteiger partial charge on any atom is -0.493 e. The fourth-order valence-corrected chi connectivity index (χ4v) is 3.46. The van der Waals surface area contributed by atoms with Crippen LogP contribution in [0.25, 0.3) is 5.57 Å². The smallest absolute Gasteiger partial charge is 0.137 e. The fraction of sp³-hybridized carbons (Fsp3) is 0.304. The predicted octanol–water partition coefficient (Wildman–Crippen LogP) is 5.02. The second-order valence-corrected chi connectivity index (χ2v) is 6.85. The van der Waals surface area contributed by atoms with Crippen LogP contribution in [-0.2, 0) is 6.42 Å². The second kappa shape index (κ2) is 9.02. The number of aliphatic hydroxyl groups is 1. The van der Waals surface area contributed by atoms with E-state index in [1.165, 1.54) is 24.1 Å². The predicted molar refractivity (Wildman–Crippen MR) is 108 cm³/mol. The van der Waals surface area contributed by atoms with E-state index in [4.69, 9.17) is 15.6 Å². The lowest BCUT2D eigenvalue weighted by molar-refractivity contribution is 0.284. The number of rotatable bonds is 3. The van der Waals surface area contributed by atoms with Crippen LogP contribution in [0.2, 0.25) is 0 Å². The zero-order valence-electron chi connectivity index (χ0n) is 16.0. The number of anilines is 1. The maximum Gasteiger partial charge on any atom is 0.137 e. The number of hydrogen-bond acceptors (Lipinski definition) is 3. The van der Waals surface area contributed by atoms with Crippen molar-refractivity contribution in [2.75, 3.05) is 19.5 Å². The number of nitrogens with two attached hydrogens (primary N) is 1. The zero-order chi connectivity index (χ0) is 20.1. The van der Waals surface area contributed by atoms with E-state index in [9.17, 15) is 4.39 Å². The Bertz CT molecular complexity index is 913. The van der Waals surface area contributed by atoms with Gasteiger partial charge in [0.05, 0.1) is 6.61 Å². The molecule has 2 aromatic rings. The summed E-state index contributed by atoms with van der Waals surface area (Å²) in [7, 11) is 1.00. The maximum atomic E-state index is 15.3. The summed E-state index contributed by atoms with van der Waals surface area (Å²) in [6.45, 7) is 0.617. The summed E-state index contributed by atoms with van der Waals surface area (Å²) in [4.78, 5) is 0. The molecule has 0 bridgehead atoms. The molecule has 3 N–H and O–H groups in total. The van der Waals surface area contributed by atoms with Gasteiger partial charge in [-0.25, -0.2) is 8.78 Å². The molecule has 0 saturated heterocycles. The number of ether oxygens (including phenoxy) is 1. The van der Waals surface area contributed by atoms with Gasteiger partial charge in [-0.05, 0) is 68.0 Å². The molecule has 1 heterocycles. The fourth-order valence-electron chi connectivity index (χ4n) is 3.46. The van der Waals surface area contributed by atoms with Crippen molar-refractivity contribution in [3.8, 4) is 5.75 Å². The molecule has 0 aromatic heterocycles. The molecular formula is C23H25F2NO2. The van der Waals surface area contributed by atoms with E-state index in [1.807, 2.05) is 18.2 Å². The largest absolute Gasteiger partial charge is 0.493 e. The molecule has 1 aliphatic heterocycles. The molecule has 0 radical (unpaired) electrons. The first-order valence-electron chi connectivity index (χ1n) is 9.48. The van der Waals surface area contributed by atoms with Gasteiger partial charge in [-0.15, -0.1) is 0 Å². The van der Waals surface area contributed by atoms with Crippen molar-refractivity contribution in [1.29, 1.82) is 0 Å². The molecule has 1 saturated carbocycles. The summed E-state index contributed by atoms with van der Waals surface area (Å²) in [6.07, 6.45) is 8.74. The third kappa shape index (κ3) is 4.09. The van der Waals surface area contributed by atoms with Crippen LogP contribution < -0.4 is 10.5 Å². The number of aliphatic hydroxyl groups excluding tert-OH is 1. The molecular weight excluding hydrogens is 360 g/mol. The molecule has 28 heavy (non-hydrogen) atoms. The number of nitrogen functional groups attached to an aromatic ring is 1. The van der Waals surface area contributed by atoms with Crippen LogP contribution in [0.15, 0.2) is 48.1 Å². The van der Waals surface area contributed by atoms with Gasteiger partial charge in [-0.3, -0.25) is 0 Å². The van der Waals surface area contributed by atoms with E-state index in [0.29, 0.717) is 46.7 Å². The average molecular weight is 385 g/mol. The molecule has 1 aliphatic carbocycles. The normalized spacial score (nSPS) is 15.6. The van der Waals surface area contributed by atoms with Crippen molar-refractivity contribution in [3.05, 3.63) is 76.4 Å². The van der Waals surface area contributed by atoms with Crippen LogP contribution in [0, 0.1) is 11.6 Å². The summed E-state index contributed by atoms with van der Waals surface area (Å²) in [5, 5.41) is 7.00. The summed E-state index contributed by atoms with van der Waals surface area (Å²) >= 11 is 0. The monoisotopic (exact) mass is 385 g/mol. The molecule has 3 nitrogen and oxygen atoms in total. The van der Waals surface area contributed by atoms with Crippen LogP contribution >= 0.6 is 0 Å².